The number of carbonyl (C=O) groups excluding carboxylic acids is 1. The molecular weight excluding hydrogens is 424 g/mol. The number of likely N-dealkylation sites (N-methyl/N-ethyl adjacent to an activating group) is 1. The van der Waals surface area contributed by atoms with E-state index in [0.717, 1.165) is 54.9 Å². The standard InChI is InChI=1S/C24H28N4O3S/c1-18(29)27-12-8-20-16-22(6-7-23(20)27)32(30,31)28-13-9-19-4-5-21(17-24(19)28)26-11-3-10-25(2)14-15-26/h4-7,9,13,16-17H,3,8,10-12,14-15H2,1-2H3. The van der Waals surface area contributed by atoms with Gasteiger partial charge >= 0.3 is 0 Å². The van der Waals surface area contributed by atoms with Gasteiger partial charge in [0.15, 0.2) is 0 Å². The van der Waals surface area contributed by atoms with Crippen LogP contribution in [0.15, 0.2) is 53.6 Å². The van der Waals surface area contributed by atoms with Crippen molar-refractivity contribution in [3.63, 3.8) is 0 Å². The first-order valence-electron chi connectivity index (χ1n) is 11.1. The molecule has 0 saturated carbocycles. The first kappa shape index (κ1) is 21.0. The lowest BCUT2D eigenvalue weighted by Crippen LogP contribution is -2.28. The highest BCUT2D eigenvalue weighted by Crippen LogP contribution is 2.32. The first-order valence-corrected chi connectivity index (χ1v) is 12.5. The average Bonchev–Trinajstić information content (AvgIpc) is 3.33. The second-order valence-corrected chi connectivity index (χ2v) is 10.5. The molecule has 0 unspecified atom stereocenters. The second-order valence-electron chi connectivity index (χ2n) is 8.71. The molecule has 3 aromatic rings. The van der Waals surface area contributed by atoms with Crippen LogP contribution >= 0.6 is 0 Å². The fraction of sp³-hybridized carbons (Fsp3) is 0.375. The van der Waals surface area contributed by atoms with Gasteiger partial charge < -0.3 is 14.7 Å². The van der Waals surface area contributed by atoms with Crippen molar-refractivity contribution < 1.29 is 13.2 Å². The summed E-state index contributed by atoms with van der Waals surface area (Å²) >= 11 is 0. The van der Waals surface area contributed by atoms with Crippen molar-refractivity contribution in [2.24, 2.45) is 0 Å². The lowest BCUT2D eigenvalue weighted by atomic mass is 10.2. The van der Waals surface area contributed by atoms with Crippen LogP contribution in [0.25, 0.3) is 10.9 Å². The Labute approximate surface area is 188 Å². The lowest BCUT2D eigenvalue weighted by Gasteiger charge is -2.23. The molecule has 0 N–H and O–H groups in total. The summed E-state index contributed by atoms with van der Waals surface area (Å²) in [6, 6.07) is 13.0. The van der Waals surface area contributed by atoms with Gasteiger partial charge in [0.05, 0.1) is 10.4 Å². The summed E-state index contributed by atoms with van der Waals surface area (Å²) in [7, 11) is -1.62. The Morgan fingerprint density at radius 3 is 2.59 bits per heavy atom. The van der Waals surface area contributed by atoms with Crippen molar-refractivity contribution in [1.82, 2.24) is 8.87 Å². The fourth-order valence-electron chi connectivity index (χ4n) is 4.78. The summed E-state index contributed by atoms with van der Waals surface area (Å²) in [5.41, 5.74) is 3.44. The van der Waals surface area contributed by atoms with Crippen molar-refractivity contribution in [3.8, 4) is 0 Å². The van der Waals surface area contributed by atoms with Gasteiger partial charge in [-0.3, -0.25) is 4.79 Å². The SMILES string of the molecule is CC(=O)N1CCc2cc(S(=O)(=O)n3ccc4ccc(N5CCCN(C)CC5)cc43)ccc21. The van der Waals surface area contributed by atoms with Crippen LogP contribution in [0.4, 0.5) is 11.4 Å². The molecule has 0 spiro atoms. The van der Waals surface area contributed by atoms with Crippen LogP contribution in [0.2, 0.25) is 0 Å². The molecule has 0 atom stereocenters. The van der Waals surface area contributed by atoms with E-state index in [-0.39, 0.29) is 10.8 Å². The number of nitrogens with zero attached hydrogens (tertiary/aromatic N) is 4. The molecule has 1 aromatic heterocycles. The van der Waals surface area contributed by atoms with E-state index in [1.165, 1.54) is 10.9 Å². The van der Waals surface area contributed by atoms with Gasteiger partial charge in [-0.2, -0.15) is 0 Å². The number of benzene rings is 2. The number of carbonyl (C=O) groups is 1. The van der Waals surface area contributed by atoms with Crippen LogP contribution in [-0.4, -0.2) is 63.0 Å². The van der Waals surface area contributed by atoms with Gasteiger partial charge in [0.1, 0.15) is 0 Å². The van der Waals surface area contributed by atoms with Crippen LogP contribution in [0.1, 0.15) is 18.9 Å². The smallest absolute Gasteiger partial charge is 0.268 e. The fourth-order valence-corrected chi connectivity index (χ4v) is 6.18. The Hall–Kier alpha value is -2.84. The van der Waals surface area contributed by atoms with Gasteiger partial charge in [-0.1, -0.05) is 6.07 Å². The Bertz CT molecular complexity index is 1300. The predicted molar refractivity (Wildman–Crippen MR) is 127 cm³/mol. The quantitative estimate of drug-likeness (QED) is 0.611. The topological polar surface area (TPSA) is 65.9 Å². The number of fused-ring (bicyclic) bond motifs is 2. The number of rotatable bonds is 3. The third kappa shape index (κ3) is 3.57. The normalized spacial score (nSPS) is 17.6. The summed E-state index contributed by atoms with van der Waals surface area (Å²) in [6.45, 7) is 6.07. The zero-order valence-electron chi connectivity index (χ0n) is 18.5. The van der Waals surface area contributed by atoms with Gasteiger partial charge in [0.2, 0.25) is 5.91 Å². The van der Waals surface area contributed by atoms with E-state index in [9.17, 15) is 13.2 Å². The van der Waals surface area contributed by atoms with Crippen LogP contribution in [0.3, 0.4) is 0 Å². The summed E-state index contributed by atoms with van der Waals surface area (Å²) in [6.07, 6.45) is 3.38. The molecule has 32 heavy (non-hydrogen) atoms. The van der Waals surface area contributed by atoms with Gasteiger partial charge in [0, 0.05) is 56.1 Å². The van der Waals surface area contributed by atoms with E-state index < -0.39 is 10.0 Å². The van der Waals surface area contributed by atoms with Crippen molar-refractivity contribution in [2.75, 3.05) is 49.6 Å². The predicted octanol–water partition coefficient (Wildman–Crippen LogP) is 2.93. The van der Waals surface area contributed by atoms with Crippen LogP contribution in [0.5, 0.6) is 0 Å². The Morgan fingerprint density at radius 2 is 1.78 bits per heavy atom. The summed E-state index contributed by atoms with van der Waals surface area (Å²) in [5.74, 6) is -0.0250. The molecule has 2 aliphatic rings. The van der Waals surface area contributed by atoms with Crippen LogP contribution in [0, 0.1) is 0 Å². The number of amides is 1. The zero-order valence-corrected chi connectivity index (χ0v) is 19.3. The van der Waals surface area contributed by atoms with E-state index in [4.69, 9.17) is 0 Å². The molecule has 1 saturated heterocycles. The maximum Gasteiger partial charge on any atom is 0.268 e. The van der Waals surface area contributed by atoms with E-state index in [2.05, 4.69) is 22.9 Å². The number of hydrogen-bond donors (Lipinski definition) is 0. The molecule has 3 heterocycles. The van der Waals surface area contributed by atoms with E-state index in [1.807, 2.05) is 18.2 Å². The molecule has 7 nitrogen and oxygen atoms in total. The maximum atomic E-state index is 13.6. The van der Waals surface area contributed by atoms with E-state index in [0.29, 0.717) is 18.5 Å². The number of anilines is 2. The molecule has 0 aliphatic carbocycles. The molecule has 1 amide bonds. The van der Waals surface area contributed by atoms with Gasteiger partial charge in [-0.15, -0.1) is 0 Å². The number of hydrogen-bond acceptors (Lipinski definition) is 5. The highest BCUT2D eigenvalue weighted by Gasteiger charge is 2.26. The monoisotopic (exact) mass is 452 g/mol. The molecule has 0 bridgehead atoms. The summed E-state index contributed by atoms with van der Waals surface area (Å²) in [4.78, 5) is 18.4. The molecule has 2 aromatic carbocycles. The third-order valence-corrected chi connectivity index (χ3v) is 8.29. The molecule has 0 radical (unpaired) electrons. The van der Waals surface area contributed by atoms with E-state index in [1.54, 1.807) is 29.3 Å². The number of aromatic nitrogens is 1. The molecular formula is C24H28N4O3S. The van der Waals surface area contributed by atoms with Gasteiger partial charge in [-0.05, 0) is 68.4 Å². The van der Waals surface area contributed by atoms with Gasteiger partial charge in [-0.25, -0.2) is 12.4 Å². The lowest BCUT2D eigenvalue weighted by molar-refractivity contribution is -0.116. The Morgan fingerprint density at radius 1 is 0.938 bits per heavy atom. The van der Waals surface area contributed by atoms with Crippen molar-refractivity contribution in [1.29, 1.82) is 0 Å². The molecule has 5 rings (SSSR count). The maximum absolute atomic E-state index is 13.6. The Balaban J connectivity index is 1.52. The highest BCUT2D eigenvalue weighted by molar-refractivity contribution is 7.90. The van der Waals surface area contributed by atoms with Crippen LogP contribution < -0.4 is 9.80 Å². The largest absolute Gasteiger partial charge is 0.370 e. The Kier molecular flexibility index (Phi) is 5.22. The minimum Gasteiger partial charge on any atom is -0.370 e. The highest BCUT2D eigenvalue weighted by atomic mass is 32.2. The van der Waals surface area contributed by atoms with Crippen molar-refractivity contribution >= 4 is 38.2 Å². The molecule has 168 valence electrons. The van der Waals surface area contributed by atoms with Gasteiger partial charge in [0.25, 0.3) is 10.0 Å². The molecule has 1 fully saturated rings. The average molecular weight is 453 g/mol. The second kappa shape index (κ2) is 7.94. The van der Waals surface area contributed by atoms with Crippen molar-refractivity contribution in [3.05, 3.63) is 54.2 Å². The zero-order chi connectivity index (χ0) is 22.5. The van der Waals surface area contributed by atoms with Crippen molar-refractivity contribution in [2.45, 2.75) is 24.7 Å². The minimum atomic E-state index is -3.76. The summed E-state index contributed by atoms with van der Waals surface area (Å²) < 4.78 is 28.5. The molecule has 8 heteroatoms. The third-order valence-electron chi connectivity index (χ3n) is 6.61. The summed E-state index contributed by atoms with van der Waals surface area (Å²) in [5, 5.41) is 0.896. The van der Waals surface area contributed by atoms with Crippen LogP contribution in [-0.2, 0) is 21.2 Å². The molecule has 2 aliphatic heterocycles. The minimum absolute atomic E-state index is 0.0250. The first-order chi connectivity index (χ1) is 15.3. The van der Waals surface area contributed by atoms with E-state index >= 15 is 0 Å².